The molecule has 1 atom stereocenters. The van der Waals surface area contributed by atoms with E-state index in [1.165, 1.54) is 19.4 Å². The van der Waals surface area contributed by atoms with Gasteiger partial charge in [-0.15, -0.1) is 11.3 Å². The average Bonchev–Trinajstić information content (AvgIpc) is 3.58. The summed E-state index contributed by atoms with van der Waals surface area (Å²) < 4.78 is 25.0. The molecule has 2 aromatic heterocycles. The number of amides is 1. The standard InChI is InChI=1S/C25H23Cl2FN4O4S/c1-34-21-9-15(26)11-29-24(21)35-12-22(33)32-7-5-14(6-8-32)25-30-19(13-37-25)18-10-20(36-31-18)23-16(27)3-2-4-17(23)28/h2-4,9,11,13-14,20H,5-8,10,12H2,1H3. The summed E-state index contributed by atoms with van der Waals surface area (Å²) in [7, 11) is 1.49. The van der Waals surface area contributed by atoms with E-state index in [-0.39, 0.29) is 24.3 Å². The number of rotatable bonds is 7. The first kappa shape index (κ1) is 25.7. The molecule has 1 aromatic carbocycles. The minimum absolute atomic E-state index is 0.118. The Balaban J connectivity index is 1.14. The van der Waals surface area contributed by atoms with Crippen molar-refractivity contribution in [3.63, 3.8) is 0 Å². The van der Waals surface area contributed by atoms with Crippen LogP contribution in [0.15, 0.2) is 41.0 Å². The van der Waals surface area contributed by atoms with Gasteiger partial charge in [-0.25, -0.2) is 14.4 Å². The Bertz CT molecular complexity index is 1310. The number of likely N-dealkylation sites (tertiary alicyclic amines) is 1. The molecule has 0 N–H and O–H groups in total. The lowest BCUT2D eigenvalue weighted by Gasteiger charge is -2.31. The number of methoxy groups -OCH3 is 1. The SMILES string of the molecule is COc1cc(Cl)cnc1OCC(=O)N1CCC(c2nc(C3=NOC(c4c(F)cccc4Cl)C3)cs2)CC1. The number of carbonyl (C=O) groups is 1. The molecule has 2 aliphatic heterocycles. The van der Waals surface area contributed by atoms with Gasteiger partial charge in [0.05, 0.1) is 27.9 Å². The molecular formula is C25H23Cl2FN4O4S. The second kappa shape index (κ2) is 11.2. The van der Waals surface area contributed by atoms with E-state index in [4.69, 9.17) is 42.5 Å². The summed E-state index contributed by atoms with van der Waals surface area (Å²) in [5, 5.41) is 7.82. The van der Waals surface area contributed by atoms with Crippen molar-refractivity contribution in [2.45, 2.75) is 31.3 Å². The molecule has 1 fully saturated rings. The van der Waals surface area contributed by atoms with Gasteiger partial charge in [0.1, 0.15) is 11.5 Å². The quantitative estimate of drug-likeness (QED) is 0.369. The molecule has 0 aliphatic carbocycles. The van der Waals surface area contributed by atoms with Gasteiger partial charge < -0.3 is 19.2 Å². The van der Waals surface area contributed by atoms with Crippen molar-refractivity contribution in [2.75, 3.05) is 26.8 Å². The van der Waals surface area contributed by atoms with Gasteiger partial charge in [-0.05, 0) is 25.0 Å². The Kier molecular flexibility index (Phi) is 7.78. The van der Waals surface area contributed by atoms with E-state index in [9.17, 15) is 9.18 Å². The van der Waals surface area contributed by atoms with E-state index in [1.807, 2.05) is 5.38 Å². The van der Waals surface area contributed by atoms with E-state index in [0.717, 1.165) is 23.5 Å². The Labute approximate surface area is 227 Å². The Morgan fingerprint density at radius 1 is 1.30 bits per heavy atom. The molecule has 0 radical (unpaired) electrons. The summed E-state index contributed by atoms with van der Waals surface area (Å²) in [6.45, 7) is 1.07. The number of piperidine rings is 1. The van der Waals surface area contributed by atoms with Crippen LogP contribution in [0.3, 0.4) is 0 Å². The first-order valence-corrected chi connectivity index (χ1v) is 13.3. The monoisotopic (exact) mass is 564 g/mol. The first-order chi connectivity index (χ1) is 17.9. The molecule has 0 spiro atoms. The number of halogens is 3. The van der Waals surface area contributed by atoms with Gasteiger partial charge in [0.15, 0.2) is 18.5 Å². The first-order valence-electron chi connectivity index (χ1n) is 11.7. The van der Waals surface area contributed by atoms with Gasteiger partial charge in [-0.1, -0.05) is 34.4 Å². The molecule has 0 saturated carbocycles. The van der Waals surface area contributed by atoms with Gasteiger partial charge in [0, 0.05) is 48.6 Å². The molecule has 5 rings (SSSR count). The van der Waals surface area contributed by atoms with Crippen LogP contribution in [0.2, 0.25) is 10.0 Å². The van der Waals surface area contributed by atoms with E-state index >= 15 is 0 Å². The molecule has 2 aliphatic rings. The summed E-state index contributed by atoms with van der Waals surface area (Å²) >= 11 is 13.7. The van der Waals surface area contributed by atoms with Crippen LogP contribution in [0.4, 0.5) is 4.39 Å². The Morgan fingerprint density at radius 3 is 2.86 bits per heavy atom. The zero-order chi connectivity index (χ0) is 25.9. The minimum atomic E-state index is -0.576. The highest BCUT2D eigenvalue weighted by Crippen LogP contribution is 2.37. The number of benzene rings is 1. The third-order valence-electron chi connectivity index (χ3n) is 6.34. The molecule has 37 heavy (non-hydrogen) atoms. The number of thiazole rings is 1. The number of carbonyl (C=O) groups excluding carboxylic acids is 1. The van der Waals surface area contributed by atoms with Crippen molar-refractivity contribution >= 4 is 46.2 Å². The highest BCUT2D eigenvalue weighted by molar-refractivity contribution is 7.10. The predicted molar refractivity (Wildman–Crippen MR) is 138 cm³/mol. The van der Waals surface area contributed by atoms with Crippen LogP contribution in [0.5, 0.6) is 11.6 Å². The smallest absolute Gasteiger partial charge is 0.260 e. The molecular weight excluding hydrogens is 542 g/mol. The lowest BCUT2D eigenvalue weighted by molar-refractivity contribution is -0.134. The third kappa shape index (κ3) is 5.66. The maximum atomic E-state index is 14.3. The van der Waals surface area contributed by atoms with Crippen molar-refractivity contribution in [1.29, 1.82) is 0 Å². The topological polar surface area (TPSA) is 86.1 Å². The summed E-state index contributed by atoms with van der Waals surface area (Å²) in [6.07, 6.45) is 2.84. The normalized spacial score (nSPS) is 17.9. The second-order valence-corrected chi connectivity index (χ2v) is 10.4. The molecule has 1 amide bonds. The van der Waals surface area contributed by atoms with Crippen molar-refractivity contribution in [1.82, 2.24) is 14.9 Å². The lowest BCUT2D eigenvalue weighted by Crippen LogP contribution is -2.40. The van der Waals surface area contributed by atoms with Crippen molar-refractivity contribution in [3.05, 3.63) is 68.0 Å². The van der Waals surface area contributed by atoms with E-state index in [0.29, 0.717) is 46.6 Å². The van der Waals surface area contributed by atoms with Gasteiger partial charge in [-0.2, -0.15) is 0 Å². The predicted octanol–water partition coefficient (Wildman–Crippen LogP) is 5.64. The van der Waals surface area contributed by atoms with Crippen LogP contribution in [0, 0.1) is 5.82 Å². The molecule has 8 nitrogen and oxygen atoms in total. The van der Waals surface area contributed by atoms with E-state index in [2.05, 4.69) is 10.1 Å². The van der Waals surface area contributed by atoms with Crippen LogP contribution < -0.4 is 9.47 Å². The van der Waals surface area contributed by atoms with E-state index in [1.54, 1.807) is 34.4 Å². The molecule has 12 heteroatoms. The van der Waals surface area contributed by atoms with Gasteiger partial charge >= 0.3 is 0 Å². The van der Waals surface area contributed by atoms with E-state index < -0.39 is 11.9 Å². The van der Waals surface area contributed by atoms with Crippen LogP contribution >= 0.6 is 34.5 Å². The summed E-state index contributed by atoms with van der Waals surface area (Å²) in [4.78, 5) is 28.8. The lowest BCUT2D eigenvalue weighted by atomic mass is 9.97. The second-order valence-electron chi connectivity index (χ2n) is 8.65. The van der Waals surface area contributed by atoms with Crippen molar-refractivity contribution in [3.8, 4) is 11.6 Å². The minimum Gasteiger partial charge on any atom is -0.491 e. The molecule has 194 valence electrons. The molecule has 1 saturated heterocycles. The number of hydrogen-bond acceptors (Lipinski definition) is 8. The van der Waals surface area contributed by atoms with Gasteiger partial charge in [-0.3, -0.25) is 4.79 Å². The highest BCUT2D eigenvalue weighted by Gasteiger charge is 2.31. The molecule has 4 heterocycles. The number of ether oxygens (including phenoxy) is 2. The van der Waals surface area contributed by atoms with Crippen LogP contribution in [0.25, 0.3) is 0 Å². The molecule has 0 bridgehead atoms. The number of hydrogen-bond donors (Lipinski definition) is 0. The maximum Gasteiger partial charge on any atom is 0.260 e. The highest BCUT2D eigenvalue weighted by atomic mass is 35.5. The number of nitrogens with zero attached hydrogens (tertiary/aromatic N) is 4. The molecule has 3 aromatic rings. The fourth-order valence-electron chi connectivity index (χ4n) is 4.37. The third-order valence-corrected chi connectivity index (χ3v) is 7.89. The number of pyridine rings is 1. The zero-order valence-electron chi connectivity index (χ0n) is 19.8. The zero-order valence-corrected chi connectivity index (χ0v) is 22.2. The Hall–Kier alpha value is -2.95. The van der Waals surface area contributed by atoms with Gasteiger partial charge in [0.25, 0.3) is 11.8 Å². The van der Waals surface area contributed by atoms with Crippen molar-refractivity contribution in [2.24, 2.45) is 5.16 Å². The summed E-state index contributed by atoms with van der Waals surface area (Å²) in [5.74, 6) is 0.306. The average molecular weight is 565 g/mol. The van der Waals surface area contributed by atoms with Crippen LogP contribution in [0.1, 0.15) is 47.5 Å². The maximum absolute atomic E-state index is 14.3. The van der Waals surface area contributed by atoms with Crippen LogP contribution in [-0.2, 0) is 9.63 Å². The fourth-order valence-corrected chi connectivity index (χ4v) is 5.80. The van der Waals surface area contributed by atoms with Crippen LogP contribution in [-0.4, -0.2) is 53.3 Å². The van der Waals surface area contributed by atoms with Gasteiger partial charge in [0.2, 0.25) is 0 Å². The summed E-state index contributed by atoms with van der Waals surface area (Å²) in [5.41, 5.74) is 1.71. The summed E-state index contributed by atoms with van der Waals surface area (Å²) in [6, 6.07) is 6.14. The Morgan fingerprint density at radius 2 is 2.11 bits per heavy atom. The largest absolute Gasteiger partial charge is 0.491 e. The number of oxime groups is 1. The molecule has 1 unspecified atom stereocenters. The number of aromatic nitrogens is 2. The van der Waals surface area contributed by atoms with Crippen molar-refractivity contribution < 1.29 is 23.5 Å². The fraction of sp³-hybridized carbons (Fsp3) is 0.360.